The van der Waals surface area contributed by atoms with Crippen LogP contribution in [0.3, 0.4) is 0 Å². The average molecular weight is 328 g/mol. The summed E-state index contributed by atoms with van der Waals surface area (Å²) in [4.78, 5) is 24.3. The predicted octanol–water partition coefficient (Wildman–Crippen LogP) is 1.88. The molecule has 0 aliphatic rings. The van der Waals surface area contributed by atoms with Gasteiger partial charge < -0.3 is 4.90 Å². The first-order chi connectivity index (χ1) is 10.2. The highest BCUT2D eigenvalue weighted by molar-refractivity contribution is 7.91. The lowest BCUT2D eigenvalue weighted by molar-refractivity contribution is -0.385. The Morgan fingerprint density at radius 1 is 1.32 bits per heavy atom. The van der Waals surface area contributed by atoms with Gasteiger partial charge in [-0.15, -0.1) is 0 Å². The Balaban J connectivity index is 3.11. The molecule has 0 saturated heterocycles. The lowest BCUT2D eigenvalue weighted by atomic mass is 10.1. The minimum Gasteiger partial charge on any atom is -0.335 e. The highest BCUT2D eigenvalue weighted by Crippen LogP contribution is 2.21. The van der Waals surface area contributed by atoms with Gasteiger partial charge in [0.25, 0.3) is 11.6 Å². The zero-order chi connectivity index (χ0) is 16.9. The highest BCUT2D eigenvalue weighted by atomic mass is 32.2. The summed E-state index contributed by atoms with van der Waals surface area (Å²) in [5.41, 5.74) is -0.313. The maximum Gasteiger partial charge on any atom is 0.282 e. The second-order valence-corrected chi connectivity index (χ2v) is 7.31. The molecule has 0 spiro atoms. The van der Waals surface area contributed by atoms with Crippen LogP contribution in [0.2, 0.25) is 0 Å². The molecule has 0 bridgehead atoms. The van der Waals surface area contributed by atoms with Gasteiger partial charge in [0.05, 0.1) is 10.7 Å². The van der Waals surface area contributed by atoms with Crippen LogP contribution in [-0.4, -0.2) is 48.2 Å². The molecule has 0 aromatic heterocycles. The monoisotopic (exact) mass is 328 g/mol. The Kier molecular flexibility index (Phi) is 6.04. The Labute approximate surface area is 130 Å². The minimum absolute atomic E-state index is 0.00539. The number of hydrogen-bond donors (Lipinski definition) is 0. The zero-order valence-electron chi connectivity index (χ0n) is 12.9. The third-order valence-electron chi connectivity index (χ3n) is 3.40. The second kappa shape index (κ2) is 7.35. The first-order valence-corrected chi connectivity index (χ1v) is 8.80. The molecule has 1 amide bonds. The second-order valence-electron chi connectivity index (χ2n) is 4.91. The van der Waals surface area contributed by atoms with E-state index in [1.807, 2.05) is 0 Å². The summed E-state index contributed by atoms with van der Waals surface area (Å²) < 4.78 is 23.4. The van der Waals surface area contributed by atoms with Gasteiger partial charge in [-0.3, -0.25) is 14.9 Å². The number of carbonyl (C=O) groups excluding carboxylic acids is 1. The van der Waals surface area contributed by atoms with E-state index in [1.165, 1.54) is 23.1 Å². The number of nitrogens with zero attached hydrogens (tertiary/aromatic N) is 2. The first-order valence-electron chi connectivity index (χ1n) is 6.98. The highest BCUT2D eigenvalue weighted by Gasteiger charge is 2.28. The molecule has 0 aliphatic heterocycles. The van der Waals surface area contributed by atoms with Gasteiger partial charge in [0.1, 0.15) is 5.56 Å². The number of nitro benzene ring substituents is 1. The molecular weight excluding hydrogens is 308 g/mol. The van der Waals surface area contributed by atoms with Crippen LogP contribution >= 0.6 is 0 Å². The minimum atomic E-state index is -3.24. The van der Waals surface area contributed by atoms with Crippen molar-refractivity contribution in [3.63, 3.8) is 0 Å². The molecule has 0 aliphatic carbocycles. The normalized spacial score (nSPS) is 12.7. The molecule has 7 nitrogen and oxygen atoms in total. The maximum atomic E-state index is 12.5. The molecule has 0 unspecified atom stereocenters. The van der Waals surface area contributed by atoms with Crippen molar-refractivity contribution in [2.75, 3.05) is 18.1 Å². The van der Waals surface area contributed by atoms with E-state index in [1.54, 1.807) is 26.8 Å². The Morgan fingerprint density at radius 2 is 1.91 bits per heavy atom. The van der Waals surface area contributed by atoms with Crippen LogP contribution in [-0.2, 0) is 9.84 Å². The number of sulfone groups is 1. The number of carbonyl (C=O) groups is 1. The van der Waals surface area contributed by atoms with Crippen LogP contribution in [0, 0.1) is 10.1 Å². The molecular formula is C14H20N2O5S. The van der Waals surface area contributed by atoms with Crippen LogP contribution in [0.1, 0.15) is 31.1 Å². The van der Waals surface area contributed by atoms with Gasteiger partial charge in [0.15, 0.2) is 9.84 Å². The lowest BCUT2D eigenvalue weighted by Crippen LogP contribution is -2.42. The fourth-order valence-corrected chi connectivity index (χ4v) is 3.35. The fraction of sp³-hybridized carbons (Fsp3) is 0.500. The van der Waals surface area contributed by atoms with Gasteiger partial charge in [-0.05, 0) is 19.9 Å². The summed E-state index contributed by atoms with van der Waals surface area (Å²) in [6.45, 7) is 5.15. The van der Waals surface area contributed by atoms with E-state index in [4.69, 9.17) is 0 Å². The number of benzene rings is 1. The number of nitro groups is 1. The number of amides is 1. The van der Waals surface area contributed by atoms with Crippen molar-refractivity contribution in [1.29, 1.82) is 0 Å². The van der Waals surface area contributed by atoms with Crippen molar-refractivity contribution >= 4 is 21.4 Å². The smallest absolute Gasteiger partial charge is 0.282 e. The van der Waals surface area contributed by atoms with Crippen molar-refractivity contribution in [2.24, 2.45) is 0 Å². The van der Waals surface area contributed by atoms with Crippen LogP contribution in [0.15, 0.2) is 24.3 Å². The van der Waals surface area contributed by atoms with Gasteiger partial charge in [-0.2, -0.15) is 0 Å². The van der Waals surface area contributed by atoms with E-state index >= 15 is 0 Å². The molecule has 0 saturated carbocycles. The zero-order valence-corrected chi connectivity index (χ0v) is 13.7. The van der Waals surface area contributed by atoms with Gasteiger partial charge >= 0.3 is 0 Å². The molecule has 0 radical (unpaired) electrons. The topological polar surface area (TPSA) is 97.6 Å². The summed E-state index contributed by atoms with van der Waals surface area (Å²) >= 11 is 0. The molecule has 1 atom stereocenters. The van der Waals surface area contributed by atoms with Crippen molar-refractivity contribution < 1.29 is 18.1 Å². The molecule has 0 fully saturated rings. The summed E-state index contributed by atoms with van der Waals surface area (Å²) in [6.07, 6.45) is 0. The van der Waals surface area contributed by atoms with Gasteiger partial charge in [-0.1, -0.05) is 19.1 Å². The third kappa shape index (κ3) is 4.27. The van der Waals surface area contributed by atoms with E-state index in [9.17, 15) is 23.3 Å². The molecule has 22 heavy (non-hydrogen) atoms. The molecule has 1 aromatic carbocycles. The van der Waals surface area contributed by atoms with Crippen LogP contribution in [0.25, 0.3) is 0 Å². The summed E-state index contributed by atoms with van der Waals surface area (Å²) in [5, 5.41) is 11.0. The summed E-state index contributed by atoms with van der Waals surface area (Å²) in [7, 11) is -3.24. The lowest BCUT2D eigenvalue weighted by Gasteiger charge is -2.27. The van der Waals surface area contributed by atoms with Gasteiger partial charge in [-0.25, -0.2) is 8.42 Å². The maximum absolute atomic E-state index is 12.5. The molecule has 1 rings (SSSR count). The summed E-state index contributed by atoms with van der Waals surface area (Å²) in [5.74, 6) is -0.702. The van der Waals surface area contributed by atoms with Crippen molar-refractivity contribution in [2.45, 2.75) is 26.8 Å². The van der Waals surface area contributed by atoms with E-state index in [-0.39, 0.29) is 29.3 Å². The van der Waals surface area contributed by atoms with Crippen molar-refractivity contribution in [3.8, 4) is 0 Å². The van der Waals surface area contributed by atoms with Gasteiger partial charge in [0.2, 0.25) is 0 Å². The SMILES string of the molecule is CCN(C(=O)c1ccccc1[N+](=O)[O-])[C@@H](C)CS(=O)(=O)CC. The van der Waals surface area contributed by atoms with Crippen LogP contribution < -0.4 is 0 Å². The number of rotatable bonds is 7. The van der Waals surface area contributed by atoms with Crippen molar-refractivity contribution in [1.82, 2.24) is 4.90 Å². The van der Waals surface area contributed by atoms with E-state index in [2.05, 4.69) is 0 Å². The van der Waals surface area contributed by atoms with Crippen LogP contribution in [0.4, 0.5) is 5.69 Å². The number of para-hydroxylation sites is 1. The van der Waals surface area contributed by atoms with E-state index in [0.29, 0.717) is 0 Å². The third-order valence-corrected chi connectivity index (χ3v) is 5.27. The predicted molar refractivity (Wildman–Crippen MR) is 83.6 cm³/mol. The Morgan fingerprint density at radius 3 is 2.41 bits per heavy atom. The Hall–Kier alpha value is -1.96. The molecule has 0 heterocycles. The Bertz CT molecular complexity index is 657. The van der Waals surface area contributed by atoms with Gasteiger partial charge in [0, 0.05) is 24.4 Å². The fourth-order valence-electron chi connectivity index (χ4n) is 2.20. The molecule has 1 aromatic rings. The quantitative estimate of drug-likeness (QED) is 0.562. The van der Waals surface area contributed by atoms with Crippen molar-refractivity contribution in [3.05, 3.63) is 39.9 Å². The number of hydrogen-bond acceptors (Lipinski definition) is 5. The van der Waals surface area contributed by atoms with E-state index < -0.39 is 26.7 Å². The molecule has 8 heteroatoms. The summed E-state index contributed by atoms with van der Waals surface area (Å²) in [6, 6.07) is 5.11. The molecule has 122 valence electrons. The molecule has 0 N–H and O–H groups in total. The van der Waals surface area contributed by atoms with E-state index in [0.717, 1.165) is 0 Å². The van der Waals surface area contributed by atoms with Crippen LogP contribution in [0.5, 0.6) is 0 Å². The first kappa shape index (κ1) is 18.1. The largest absolute Gasteiger partial charge is 0.335 e. The standard InChI is InChI=1S/C14H20N2O5S/c1-4-15(11(3)10-22(20,21)5-2)14(17)12-8-6-7-9-13(12)16(18)19/h6-9,11H,4-5,10H2,1-3H3/t11-/m0/s1. The average Bonchev–Trinajstić information content (AvgIpc) is 2.47.